The Morgan fingerprint density at radius 2 is 1.86 bits per heavy atom. The van der Waals surface area contributed by atoms with Crippen molar-refractivity contribution in [3.05, 3.63) is 46.1 Å². The highest BCUT2D eigenvalue weighted by Crippen LogP contribution is 2.86. The van der Waals surface area contributed by atoms with E-state index < -0.39 is 16.8 Å². The van der Waals surface area contributed by atoms with E-state index in [2.05, 4.69) is 65.9 Å². The van der Waals surface area contributed by atoms with Crippen LogP contribution in [0.1, 0.15) is 97.6 Å². The van der Waals surface area contributed by atoms with Crippen molar-refractivity contribution in [2.75, 3.05) is 0 Å². The summed E-state index contributed by atoms with van der Waals surface area (Å²) < 4.78 is 0. The molecule has 1 aromatic carbocycles. The summed E-state index contributed by atoms with van der Waals surface area (Å²) in [4.78, 5) is 28.0. The van der Waals surface area contributed by atoms with Crippen molar-refractivity contribution in [2.24, 2.45) is 22.2 Å². The van der Waals surface area contributed by atoms with Crippen molar-refractivity contribution in [3.63, 3.8) is 0 Å². The number of benzene rings is 1. The van der Waals surface area contributed by atoms with Crippen LogP contribution >= 0.6 is 11.6 Å². The van der Waals surface area contributed by atoms with Crippen molar-refractivity contribution in [1.29, 1.82) is 0 Å². The fourth-order valence-electron chi connectivity index (χ4n) is 7.96. The van der Waals surface area contributed by atoms with Crippen LogP contribution in [-0.4, -0.2) is 27.4 Å². The van der Waals surface area contributed by atoms with Gasteiger partial charge in [-0.05, 0) is 79.0 Å². The third-order valence-corrected chi connectivity index (χ3v) is 10.6. The van der Waals surface area contributed by atoms with Crippen molar-refractivity contribution in [1.82, 2.24) is 4.90 Å². The number of carbonyl (C=O) groups excluding carboxylic acids is 1. The third-order valence-electron chi connectivity index (χ3n) is 10.2. The summed E-state index contributed by atoms with van der Waals surface area (Å²) in [5, 5.41) is 10.8. The molecule has 5 heteroatoms. The summed E-state index contributed by atoms with van der Waals surface area (Å²) in [5.74, 6) is -0.285. The van der Waals surface area contributed by atoms with E-state index in [1.165, 1.54) is 5.57 Å². The average molecular weight is 498 g/mol. The molecule has 0 saturated heterocycles. The van der Waals surface area contributed by atoms with Gasteiger partial charge in [-0.15, -0.1) is 0 Å². The molecule has 3 unspecified atom stereocenters. The summed E-state index contributed by atoms with van der Waals surface area (Å²) in [6.07, 6.45) is 8.59. The van der Waals surface area contributed by atoms with Crippen LogP contribution in [0.2, 0.25) is 5.02 Å². The first-order valence-corrected chi connectivity index (χ1v) is 13.7. The molecule has 1 spiro atoms. The minimum atomic E-state index is -0.664. The van der Waals surface area contributed by atoms with E-state index in [1.54, 1.807) is 0 Å². The number of amides is 1. The highest BCUT2D eigenvalue weighted by molar-refractivity contribution is 6.31. The molecule has 4 atom stereocenters. The van der Waals surface area contributed by atoms with Gasteiger partial charge in [0.25, 0.3) is 0 Å². The SMILES string of the molecule is CC(C)C1=CN(C23CCC4(C(=O)O)CC42CC3)C(=O)C[C@@]1(C)c1ccc(CCC(C)(C)C)c(Cl)c1. The van der Waals surface area contributed by atoms with Gasteiger partial charge >= 0.3 is 5.97 Å². The average Bonchev–Trinajstić information content (AvgIpc) is 3.42. The minimum absolute atomic E-state index is 0.122. The smallest absolute Gasteiger partial charge is 0.310 e. The van der Waals surface area contributed by atoms with Gasteiger partial charge in [0.05, 0.1) is 11.0 Å². The summed E-state index contributed by atoms with van der Waals surface area (Å²) in [6.45, 7) is 13.3. The number of aryl methyl sites for hydroxylation is 1. The molecule has 3 aliphatic carbocycles. The molecule has 1 amide bonds. The Morgan fingerprint density at radius 1 is 1.17 bits per heavy atom. The summed E-state index contributed by atoms with van der Waals surface area (Å²) in [7, 11) is 0. The van der Waals surface area contributed by atoms with Crippen LogP contribution in [0.4, 0.5) is 0 Å². The molecule has 1 aromatic rings. The lowest BCUT2D eigenvalue weighted by molar-refractivity contribution is -0.151. The van der Waals surface area contributed by atoms with Gasteiger partial charge in [-0.25, -0.2) is 0 Å². The molecule has 5 rings (SSSR count). The quantitative estimate of drug-likeness (QED) is 0.454. The van der Waals surface area contributed by atoms with E-state index in [4.69, 9.17) is 11.6 Å². The summed E-state index contributed by atoms with van der Waals surface area (Å²) >= 11 is 6.78. The maximum Gasteiger partial charge on any atom is 0.310 e. The molecule has 1 N–H and O–H groups in total. The number of hydrogen-bond acceptors (Lipinski definition) is 2. The first kappa shape index (κ1) is 24.9. The minimum Gasteiger partial charge on any atom is -0.481 e. The summed E-state index contributed by atoms with van der Waals surface area (Å²) in [6, 6.07) is 6.39. The van der Waals surface area contributed by atoms with Crippen LogP contribution in [0, 0.1) is 22.2 Å². The van der Waals surface area contributed by atoms with Gasteiger partial charge < -0.3 is 10.0 Å². The molecule has 4 nitrogen and oxygen atoms in total. The second-order valence-corrected chi connectivity index (χ2v) is 14.0. The molecule has 1 heterocycles. The number of halogens is 1. The van der Waals surface area contributed by atoms with Gasteiger partial charge in [-0.3, -0.25) is 9.59 Å². The van der Waals surface area contributed by atoms with Crippen molar-refractivity contribution < 1.29 is 14.7 Å². The van der Waals surface area contributed by atoms with Gasteiger partial charge in [0, 0.05) is 28.5 Å². The number of aliphatic carboxylic acids is 1. The Balaban J connectivity index is 1.49. The first-order chi connectivity index (χ1) is 16.2. The van der Waals surface area contributed by atoms with Crippen LogP contribution in [-0.2, 0) is 21.4 Å². The van der Waals surface area contributed by atoms with Crippen LogP contribution in [0.15, 0.2) is 30.0 Å². The standard InChI is InChI=1S/C30H40ClNO3/c1-19(2)22-17-32(30-13-11-28(25(34)35)18-29(28,30)12-14-30)24(33)16-27(22,6)21-8-7-20(23(31)15-21)9-10-26(3,4)5/h7-8,15,17,19H,9-14,16,18H2,1-6H3,(H,34,35)/t27-,28?,29?,30?/m0/s1. The Labute approximate surface area is 215 Å². The predicted octanol–water partition coefficient (Wildman–Crippen LogP) is 7.14. The maximum absolute atomic E-state index is 13.8. The Morgan fingerprint density at radius 3 is 2.37 bits per heavy atom. The van der Waals surface area contributed by atoms with E-state index in [0.717, 1.165) is 54.7 Å². The number of carboxylic acids is 1. The second kappa shape index (κ2) is 7.60. The molecule has 0 radical (unpaired) electrons. The number of rotatable bonds is 6. The molecular weight excluding hydrogens is 458 g/mol. The monoisotopic (exact) mass is 497 g/mol. The van der Waals surface area contributed by atoms with E-state index in [0.29, 0.717) is 12.8 Å². The highest BCUT2D eigenvalue weighted by Gasteiger charge is 2.88. The first-order valence-electron chi connectivity index (χ1n) is 13.3. The van der Waals surface area contributed by atoms with Crippen LogP contribution in [0.5, 0.6) is 0 Å². The normalized spacial score (nSPS) is 35.9. The molecule has 4 aliphatic rings. The fraction of sp³-hybridized carbons (Fsp3) is 0.667. The third kappa shape index (κ3) is 3.31. The number of carboxylic acid groups (broad SMARTS) is 1. The molecule has 3 fully saturated rings. The Hall–Kier alpha value is -1.81. The maximum atomic E-state index is 13.8. The lowest BCUT2D eigenvalue weighted by atomic mass is 9.60. The van der Waals surface area contributed by atoms with E-state index >= 15 is 0 Å². The number of carbonyl (C=O) groups is 2. The highest BCUT2D eigenvalue weighted by atomic mass is 35.5. The molecule has 35 heavy (non-hydrogen) atoms. The topological polar surface area (TPSA) is 57.6 Å². The molecule has 190 valence electrons. The lowest BCUT2D eigenvalue weighted by Crippen LogP contribution is -2.62. The van der Waals surface area contributed by atoms with Crippen LogP contribution in [0.3, 0.4) is 0 Å². The van der Waals surface area contributed by atoms with Gasteiger partial charge in [0.15, 0.2) is 0 Å². The van der Waals surface area contributed by atoms with E-state index in [9.17, 15) is 14.7 Å². The zero-order chi connectivity index (χ0) is 25.6. The molecular formula is C30H40ClNO3. The van der Waals surface area contributed by atoms with Crippen LogP contribution < -0.4 is 0 Å². The number of hydrogen-bond donors (Lipinski definition) is 1. The van der Waals surface area contributed by atoms with Gasteiger partial charge in [-0.1, -0.05) is 65.3 Å². The molecule has 0 aromatic heterocycles. The molecule has 0 bridgehead atoms. The van der Waals surface area contributed by atoms with Crippen molar-refractivity contribution in [3.8, 4) is 0 Å². The second-order valence-electron chi connectivity index (χ2n) is 13.6. The largest absolute Gasteiger partial charge is 0.481 e. The Kier molecular flexibility index (Phi) is 5.40. The zero-order valence-corrected chi connectivity index (χ0v) is 22.9. The summed E-state index contributed by atoms with van der Waals surface area (Å²) in [5.41, 5.74) is 2.19. The predicted molar refractivity (Wildman–Crippen MR) is 139 cm³/mol. The van der Waals surface area contributed by atoms with E-state index in [1.807, 2.05) is 4.90 Å². The van der Waals surface area contributed by atoms with Crippen LogP contribution in [0.25, 0.3) is 0 Å². The fourth-order valence-corrected chi connectivity index (χ4v) is 8.23. The van der Waals surface area contributed by atoms with Crippen molar-refractivity contribution in [2.45, 2.75) is 104 Å². The van der Waals surface area contributed by atoms with E-state index in [-0.39, 0.29) is 28.2 Å². The number of nitrogens with zero attached hydrogens (tertiary/aromatic N) is 1. The zero-order valence-electron chi connectivity index (χ0n) is 22.1. The van der Waals surface area contributed by atoms with Gasteiger partial charge in [-0.2, -0.15) is 0 Å². The molecule has 3 saturated carbocycles. The number of allylic oxidation sites excluding steroid dienone is 1. The van der Waals surface area contributed by atoms with Gasteiger partial charge in [0.2, 0.25) is 5.91 Å². The van der Waals surface area contributed by atoms with Crippen molar-refractivity contribution >= 4 is 23.5 Å². The Bertz CT molecular complexity index is 1130. The van der Waals surface area contributed by atoms with Gasteiger partial charge in [0.1, 0.15) is 0 Å². The lowest BCUT2D eigenvalue weighted by Gasteiger charge is -2.57. The molecule has 1 aliphatic heterocycles.